The van der Waals surface area contributed by atoms with Gasteiger partial charge in [0.2, 0.25) is 17.6 Å². The molecule has 324 valence electrons. The molecular formula is C48H56N2O11. The van der Waals surface area contributed by atoms with Crippen LogP contribution in [-0.4, -0.2) is 94.9 Å². The Morgan fingerprint density at radius 1 is 0.902 bits per heavy atom. The zero-order valence-electron chi connectivity index (χ0n) is 35.0. The molecule has 2 heterocycles. The van der Waals surface area contributed by atoms with Crippen molar-refractivity contribution < 1.29 is 53.1 Å². The normalized spacial score (nSPS) is 25.5. The summed E-state index contributed by atoms with van der Waals surface area (Å²) in [5.74, 6) is -3.55. The number of hydrogen-bond acceptors (Lipinski definition) is 11. The molecule has 4 aliphatic rings. The standard InChI is InChI=1S/C48H56N2O11/c1-29(52)42(45(55)49-36(28-51)22-24-41(53)60-47(2,3)4)50-44(54)33-26-39(58-46(56)32-20-17-30(18-21-32)15-16-31-19-23-37-38(25-31)57-37)43-40(27-33)59-48(61-43,34-11-7-5-8-12-34)35-13-9-6-10-14-35/h5-18,20-21,27,29,31,36-40,42-43,51-52H,19,22-26,28H2,1-4H3,(H,49,55)(H,50,54)/t29-,31?,36-,37?,38?,39+,40+,42+,43-/m0/s1. The molecule has 7 rings (SSSR count). The second-order valence-corrected chi connectivity index (χ2v) is 17.3. The molecule has 61 heavy (non-hydrogen) atoms. The third-order valence-electron chi connectivity index (χ3n) is 11.4. The van der Waals surface area contributed by atoms with Crippen LogP contribution < -0.4 is 10.6 Å². The van der Waals surface area contributed by atoms with Crippen LogP contribution in [0.5, 0.6) is 0 Å². The second kappa shape index (κ2) is 18.8. The molecule has 0 bridgehead atoms. The summed E-state index contributed by atoms with van der Waals surface area (Å²) in [6.45, 7) is 6.08. The lowest BCUT2D eigenvalue weighted by Crippen LogP contribution is -2.55. The first kappa shape index (κ1) is 43.9. The van der Waals surface area contributed by atoms with Gasteiger partial charge in [-0.25, -0.2) is 4.79 Å². The summed E-state index contributed by atoms with van der Waals surface area (Å²) in [7, 11) is 0. The molecule has 2 aliphatic heterocycles. The van der Waals surface area contributed by atoms with Crippen LogP contribution in [0.15, 0.2) is 103 Å². The van der Waals surface area contributed by atoms with Gasteiger partial charge in [-0.3, -0.25) is 14.4 Å². The third kappa shape index (κ3) is 10.8. The first-order valence-electron chi connectivity index (χ1n) is 21.2. The highest BCUT2D eigenvalue weighted by molar-refractivity contribution is 5.98. The Labute approximate surface area is 356 Å². The summed E-state index contributed by atoms with van der Waals surface area (Å²) in [6, 6.07) is 23.6. The molecule has 13 nitrogen and oxygen atoms in total. The Bertz CT molecular complexity index is 2040. The molecule has 2 aliphatic carbocycles. The van der Waals surface area contributed by atoms with E-state index in [1.807, 2.05) is 72.8 Å². The Morgan fingerprint density at radius 3 is 2.18 bits per heavy atom. The summed E-state index contributed by atoms with van der Waals surface area (Å²) >= 11 is 0. The first-order valence-corrected chi connectivity index (χ1v) is 21.2. The van der Waals surface area contributed by atoms with Crippen molar-refractivity contribution in [1.82, 2.24) is 10.6 Å². The van der Waals surface area contributed by atoms with E-state index in [0.29, 0.717) is 34.8 Å². The summed E-state index contributed by atoms with van der Waals surface area (Å²) in [6.07, 6.45) is 5.70. The number of esters is 2. The van der Waals surface area contributed by atoms with Gasteiger partial charge >= 0.3 is 11.9 Å². The molecule has 3 aromatic carbocycles. The van der Waals surface area contributed by atoms with Gasteiger partial charge in [0.1, 0.15) is 30.0 Å². The number of aliphatic hydroxyl groups is 2. The maximum Gasteiger partial charge on any atom is 0.338 e. The van der Waals surface area contributed by atoms with Crippen molar-refractivity contribution in [1.29, 1.82) is 0 Å². The van der Waals surface area contributed by atoms with Crippen molar-refractivity contribution >= 4 is 29.8 Å². The van der Waals surface area contributed by atoms with Gasteiger partial charge in [-0.1, -0.05) is 84.9 Å². The van der Waals surface area contributed by atoms with Crippen molar-refractivity contribution in [2.45, 2.75) is 126 Å². The molecule has 2 saturated heterocycles. The van der Waals surface area contributed by atoms with Crippen LogP contribution in [0.25, 0.3) is 6.08 Å². The summed E-state index contributed by atoms with van der Waals surface area (Å²) in [5, 5.41) is 26.0. The van der Waals surface area contributed by atoms with E-state index < -0.39 is 78.2 Å². The fourth-order valence-corrected chi connectivity index (χ4v) is 8.21. The fraction of sp³-hybridized carbons (Fsp3) is 0.458. The Balaban J connectivity index is 1.10. The van der Waals surface area contributed by atoms with Gasteiger partial charge in [-0.05, 0) is 83.1 Å². The lowest BCUT2D eigenvalue weighted by Gasteiger charge is -2.32. The zero-order chi connectivity index (χ0) is 43.3. The predicted molar refractivity (Wildman–Crippen MR) is 224 cm³/mol. The number of fused-ring (bicyclic) bond motifs is 2. The van der Waals surface area contributed by atoms with Crippen LogP contribution in [0.2, 0.25) is 0 Å². The number of carbonyl (C=O) groups excluding carboxylic acids is 4. The number of benzene rings is 3. The minimum Gasteiger partial charge on any atom is -0.460 e. The highest BCUT2D eigenvalue weighted by atomic mass is 16.8. The summed E-state index contributed by atoms with van der Waals surface area (Å²) in [5.41, 5.74) is 2.09. The quantitative estimate of drug-likeness (QED) is 0.116. The van der Waals surface area contributed by atoms with Gasteiger partial charge in [0.05, 0.1) is 36.5 Å². The summed E-state index contributed by atoms with van der Waals surface area (Å²) in [4.78, 5) is 53.8. The number of allylic oxidation sites excluding steroid dienone is 1. The molecule has 3 fully saturated rings. The molecular weight excluding hydrogens is 781 g/mol. The van der Waals surface area contributed by atoms with E-state index in [1.165, 1.54) is 6.92 Å². The number of amides is 2. The van der Waals surface area contributed by atoms with Crippen molar-refractivity contribution in [3.63, 3.8) is 0 Å². The predicted octanol–water partition coefficient (Wildman–Crippen LogP) is 5.27. The van der Waals surface area contributed by atoms with E-state index in [9.17, 15) is 29.4 Å². The Hall–Kier alpha value is -5.18. The fourth-order valence-electron chi connectivity index (χ4n) is 8.21. The van der Waals surface area contributed by atoms with Crippen LogP contribution >= 0.6 is 0 Å². The van der Waals surface area contributed by atoms with Crippen LogP contribution in [0.4, 0.5) is 0 Å². The molecule has 13 heteroatoms. The molecule has 3 aromatic rings. The van der Waals surface area contributed by atoms with Crippen LogP contribution in [-0.2, 0) is 43.9 Å². The average molecular weight is 837 g/mol. The average Bonchev–Trinajstić information content (AvgIpc) is 3.92. The van der Waals surface area contributed by atoms with Gasteiger partial charge in [0.15, 0.2) is 0 Å². The van der Waals surface area contributed by atoms with Gasteiger partial charge in [-0.2, -0.15) is 0 Å². The van der Waals surface area contributed by atoms with Crippen molar-refractivity contribution in [2.24, 2.45) is 5.92 Å². The van der Waals surface area contributed by atoms with Crippen LogP contribution in [0.1, 0.15) is 93.3 Å². The van der Waals surface area contributed by atoms with Gasteiger partial charge < -0.3 is 44.5 Å². The number of hydrogen-bond donors (Lipinski definition) is 4. The molecule has 4 N–H and O–H groups in total. The second-order valence-electron chi connectivity index (χ2n) is 17.3. The molecule has 3 unspecified atom stereocenters. The lowest BCUT2D eigenvalue weighted by atomic mass is 9.89. The van der Waals surface area contributed by atoms with E-state index in [2.05, 4.69) is 22.8 Å². The maximum absolute atomic E-state index is 14.1. The SMILES string of the molecule is C[C@H](O)[C@@H](NC(=O)C1=C[C@H]2OC(c3ccccc3)(c3ccccc3)O[C@H]2[C@H](OC(=O)c2ccc(C=CC3CCC4OC4C3)cc2)C1)C(=O)N[C@H](CO)CCC(=O)OC(C)(C)C. The number of carbonyl (C=O) groups is 4. The monoisotopic (exact) mass is 836 g/mol. The number of nitrogens with one attached hydrogen (secondary N) is 2. The highest BCUT2D eigenvalue weighted by Gasteiger charge is 2.55. The Kier molecular flexibility index (Phi) is 13.6. The molecule has 2 amide bonds. The number of epoxide rings is 1. The van der Waals surface area contributed by atoms with Crippen molar-refractivity contribution in [3.8, 4) is 0 Å². The van der Waals surface area contributed by atoms with Gasteiger partial charge in [0, 0.05) is 29.5 Å². The Morgan fingerprint density at radius 2 is 1.57 bits per heavy atom. The minimum atomic E-state index is -1.44. The summed E-state index contributed by atoms with van der Waals surface area (Å²) < 4.78 is 30.8. The minimum absolute atomic E-state index is 0.0667. The first-order chi connectivity index (χ1) is 29.2. The number of ether oxygens (including phenoxy) is 5. The third-order valence-corrected chi connectivity index (χ3v) is 11.4. The van der Waals surface area contributed by atoms with E-state index in [0.717, 1.165) is 24.8 Å². The van der Waals surface area contributed by atoms with Crippen molar-refractivity contribution in [2.75, 3.05) is 6.61 Å². The largest absolute Gasteiger partial charge is 0.460 e. The van der Waals surface area contributed by atoms with Crippen LogP contribution in [0, 0.1) is 5.92 Å². The smallest absolute Gasteiger partial charge is 0.338 e. The van der Waals surface area contributed by atoms with E-state index in [4.69, 9.17) is 23.7 Å². The molecule has 1 saturated carbocycles. The molecule has 0 aromatic heterocycles. The zero-order valence-corrected chi connectivity index (χ0v) is 35.0. The molecule has 0 spiro atoms. The van der Waals surface area contributed by atoms with E-state index in [-0.39, 0.29) is 24.8 Å². The van der Waals surface area contributed by atoms with E-state index >= 15 is 0 Å². The van der Waals surface area contributed by atoms with Gasteiger partial charge in [0.25, 0.3) is 0 Å². The molecule has 9 atom stereocenters. The number of rotatable bonds is 15. The molecule has 0 radical (unpaired) electrons. The van der Waals surface area contributed by atoms with Gasteiger partial charge in [-0.15, -0.1) is 0 Å². The lowest BCUT2D eigenvalue weighted by molar-refractivity contribution is -0.157. The number of aliphatic hydroxyl groups excluding tert-OH is 2. The maximum atomic E-state index is 14.1. The van der Waals surface area contributed by atoms with Crippen molar-refractivity contribution in [3.05, 3.63) is 125 Å². The highest BCUT2D eigenvalue weighted by Crippen LogP contribution is 2.47. The van der Waals surface area contributed by atoms with Crippen LogP contribution in [0.3, 0.4) is 0 Å². The van der Waals surface area contributed by atoms with E-state index in [1.54, 1.807) is 39.0 Å². The topological polar surface area (TPSA) is 182 Å².